The van der Waals surface area contributed by atoms with Crippen molar-refractivity contribution < 1.29 is 13.6 Å². The van der Waals surface area contributed by atoms with Crippen molar-refractivity contribution in [3.63, 3.8) is 0 Å². The van der Waals surface area contributed by atoms with Crippen LogP contribution in [-0.4, -0.2) is 5.66 Å². The average molecular weight is 396 g/mol. The molecule has 3 nitrogen and oxygen atoms in total. The van der Waals surface area contributed by atoms with Crippen molar-refractivity contribution in [2.24, 2.45) is 0 Å². The highest BCUT2D eigenvalue weighted by Crippen LogP contribution is 2.57. The van der Waals surface area contributed by atoms with Crippen LogP contribution in [-0.2, 0) is 17.4 Å². The van der Waals surface area contributed by atoms with Crippen molar-refractivity contribution in [2.75, 3.05) is 0 Å². The van der Waals surface area contributed by atoms with E-state index in [9.17, 15) is 4.57 Å². The highest BCUT2D eigenvalue weighted by molar-refractivity contribution is 7.55. The first-order valence-electron chi connectivity index (χ1n) is 10.0. The van der Waals surface area contributed by atoms with Crippen LogP contribution in [0.4, 0.5) is 0 Å². The summed E-state index contributed by atoms with van der Waals surface area (Å²) in [4.78, 5) is 0. The first kappa shape index (κ1) is 20.5. The Morgan fingerprint density at radius 1 is 0.786 bits per heavy atom. The summed E-state index contributed by atoms with van der Waals surface area (Å²) < 4.78 is 25.9. The van der Waals surface area contributed by atoms with E-state index in [0.717, 1.165) is 49.7 Å². The molecule has 2 aromatic carbocycles. The normalized spacial score (nSPS) is 15.0. The smallest absolute Gasteiger partial charge is 0.416 e. The minimum atomic E-state index is -3.34. The Labute approximate surface area is 168 Å². The van der Waals surface area contributed by atoms with Crippen molar-refractivity contribution in [3.05, 3.63) is 85.0 Å². The van der Waals surface area contributed by atoms with Crippen LogP contribution in [0.5, 0.6) is 11.5 Å². The van der Waals surface area contributed by atoms with Gasteiger partial charge in [-0.15, -0.1) is 13.2 Å². The van der Waals surface area contributed by atoms with Gasteiger partial charge in [-0.2, -0.15) is 0 Å². The van der Waals surface area contributed by atoms with Crippen LogP contribution in [0.25, 0.3) is 0 Å². The van der Waals surface area contributed by atoms with Gasteiger partial charge in [-0.3, -0.25) is 0 Å². The zero-order valence-corrected chi connectivity index (χ0v) is 17.3. The van der Waals surface area contributed by atoms with Crippen LogP contribution in [0.1, 0.15) is 43.2 Å². The molecule has 1 saturated carbocycles. The third kappa shape index (κ3) is 5.39. The number of benzene rings is 2. The molecule has 0 aromatic heterocycles. The van der Waals surface area contributed by atoms with E-state index in [0.29, 0.717) is 11.5 Å². The highest BCUT2D eigenvalue weighted by Gasteiger charge is 2.39. The lowest BCUT2D eigenvalue weighted by Gasteiger charge is -2.30. The molecule has 0 bridgehead atoms. The highest BCUT2D eigenvalue weighted by atomic mass is 31.2. The Balaban J connectivity index is 1.81. The van der Waals surface area contributed by atoms with Crippen molar-refractivity contribution >= 4 is 7.60 Å². The SMILES string of the molecule is C=CCc1ccc(OP(=O)(Oc2ccc(CC=C)cc2)C2CCCCC2)cc1. The maximum atomic E-state index is 13.9. The molecule has 1 aliphatic carbocycles. The Kier molecular flexibility index (Phi) is 7.17. The lowest BCUT2D eigenvalue weighted by atomic mass is 10.0. The monoisotopic (exact) mass is 396 g/mol. The fraction of sp³-hybridized carbons (Fsp3) is 0.333. The molecule has 0 spiro atoms. The predicted octanol–water partition coefficient (Wildman–Crippen LogP) is 7.13. The second-order valence-electron chi connectivity index (χ2n) is 7.29. The quantitative estimate of drug-likeness (QED) is 0.334. The first-order chi connectivity index (χ1) is 13.6. The Morgan fingerprint density at radius 2 is 1.21 bits per heavy atom. The van der Waals surface area contributed by atoms with E-state index < -0.39 is 7.60 Å². The van der Waals surface area contributed by atoms with Crippen LogP contribution in [0.15, 0.2) is 73.8 Å². The molecule has 0 heterocycles. The molecule has 0 atom stereocenters. The summed E-state index contributed by atoms with van der Waals surface area (Å²) in [5.74, 6) is 1.18. The van der Waals surface area contributed by atoms with Crippen LogP contribution < -0.4 is 9.05 Å². The van der Waals surface area contributed by atoms with E-state index in [4.69, 9.17) is 9.05 Å². The van der Waals surface area contributed by atoms with E-state index in [1.54, 1.807) is 0 Å². The summed E-state index contributed by atoms with van der Waals surface area (Å²) in [7, 11) is -3.34. The van der Waals surface area contributed by atoms with Gasteiger partial charge in [0.25, 0.3) is 0 Å². The molecule has 0 N–H and O–H groups in total. The lowest BCUT2D eigenvalue weighted by molar-refractivity contribution is 0.349. The van der Waals surface area contributed by atoms with Crippen molar-refractivity contribution in [3.8, 4) is 11.5 Å². The third-order valence-electron chi connectivity index (χ3n) is 5.09. The molecule has 0 unspecified atom stereocenters. The van der Waals surface area contributed by atoms with Gasteiger partial charge in [-0.1, -0.05) is 55.7 Å². The van der Waals surface area contributed by atoms with Gasteiger partial charge >= 0.3 is 7.60 Å². The molecule has 2 aromatic rings. The lowest BCUT2D eigenvalue weighted by Crippen LogP contribution is -2.19. The summed E-state index contributed by atoms with van der Waals surface area (Å²) in [6.45, 7) is 7.52. The summed E-state index contributed by atoms with van der Waals surface area (Å²) in [5.41, 5.74) is 2.23. The minimum absolute atomic E-state index is 0.0676. The molecule has 28 heavy (non-hydrogen) atoms. The van der Waals surface area contributed by atoms with Gasteiger partial charge in [0.2, 0.25) is 0 Å². The molecule has 3 rings (SSSR count). The van der Waals surface area contributed by atoms with E-state index >= 15 is 0 Å². The molecule has 0 radical (unpaired) electrons. The molecular weight excluding hydrogens is 367 g/mol. The fourth-order valence-corrected chi connectivity index (χ4v) is 5.73. The number of allylic oxidation sites excluding steroid dienone is 2. The van der Waals surface area contributed by atoms with Crippen LogP contribution in [0.2, 0.25) is 0 Å². The maximum absolute atomic E-state index is 13.9. The molecule has 0 saturated heterocycles. The first-order valence-corrected chi connectivity index (χ1v) is 11.6. The largest absolute Gasteiger partial charge is 0.433 e. The summed E-state index contributed by atoms with van der Waals surface area (Å²) in [6, 6.07) is 15.4. The average Bonchev–Trinajstić information content (AvgIpc) is 2.72. The van der Waals surface area contributed by atoms with Gasteiger partial charge in [-0.05, 0) is 61.1 Å². The molecule has 1 fully saturated rings. The van der Waals surface area contributed by atoms with Gasteiger partial charge in [-0.25, -0.2) is 4.57 Å². The Morgan fingerprint density at radius 3 is 1.61 bits per heavy atom. The molecular formula is C24H29O3P. The van der Waals surface area contributed by atoms with E-state index in [2.05, 4.69) is 13.2 Å². The van der Waals surface area contributed by atoms with Gasteiger partial charge in [0.05, 0.1) is 5.66 Å². The van der Waals surface area contributed by atoms with E-state index in [1.165, 1.54) is 6.42 Å². The van der Waals surface area contributed by atoms with Crippen molar-refractivity contribution in [1.29, 1.82) is 0 Å². The second-order valence-corrected chi connectivity index (χ2v) is 9.46. The zero-order chi connectivity index (χ0) is 19.8. The van der Waals surface area contributed by atoms with Gasteiger partial charge in [0.1, 0.15) is 11.5 Å². The van der Waals surface area contributed by atoms with Gasteiger partial charge in [0.15, 0.2) is 0 Å². The summed E-state index contributed by atoms with van der Waals surface area (Å²) >= 11 is 0. The van der Waals surface area contributed by atoms with Crippen LogP contribution in [0, 0.1) is 0 Å². The molecule has 4 heteroatoms. The standard InChI is InChI=1S/C24H29O3P/c1-3-8-20-12-16-22(17-13-20)26-28(25,24-10-6-5-7-11-24)27-23-18-14-21(9-4-2)15-19-23/h3-4,12-19,24H,1-2,5-11H2. The predicted molar refractivity (Wildman–Crippen MR) is 116 cm³/mol. The topological polar surface area (TPSA) is 35.5 Å². The molecule has 1 aliphatic rings. The number of rotatable bonds is 9. The summed E-state index contributed by atoms with van der Waals surface area (Å²) in [6.07, 6.45) is 10.4. The van der Waals surface area contributed by atoms with Gasteiger partial charge < -0.3 is 9.05 Å². The molecule has 148 valence electrons. The number of hydrogen-bond donors (Lipinski definition) is 0. The van der Waals surface area contributed by atoms with E-state index in [1.807, 2.05) is 60.7 Å². The van der Waals surface area contributed by atoms with Crippen molar-refractivity contribution in [2.45, 2.75) is 50.6 Å². The van der Waals surface area contributed by atoms with Crippen LogP contribution >= 0.6 is 7.60 Å². The molecule has 0 aliphatic heterocycles. The van der Waals surface area contributed by atoms with Crippen LogP contribution in [0.3, 0.4) is 0 Å². The second kappa shape index (κ2) is 9.80. The fourth-order valence-electron chi connectivity index (χ4n) is 3.56. The number of hydrogen-bond acceptors (Lipinski definition) is 3. The minimum Gasteiger partial charge on any atom is -0.416 e. The Bertz CT molecular complexity index is 758. The summed E-state index contributed by atoms with van der Waals surface area (Å²) in [5, 5.41) is 0. The van der Waals surface area contributed by atoms with E-state index in [-0.39, 0.29) is 5.66 Å². The third-order valence-corrected chi connectivity index (χ3v) is 7.44. The van der Waals surface area contributed by atoms with Crippen molar-refractivity contribution in [1.82, 2.24) is 0 Å². The zero-order valence-electron chi connectivity index (χ0n) is 16.4. The Hall–Kier alpha value is -2.25. The maximum Gasteiger partial charge on any atom is 0.433 e. The molecule has 0 amide bonds. The van der Waals surface area contributed by atoms with Gasteiger partial charge in [0, 0.05) is 0 Å².